The van der Waals surface area contributed by atoms with Crippen molar-refractivity contribution >= 4 is 17.2 Å². The summed E-state index contributed by atoms with van der Waals surface area (Å²) in [5.74, 6) is 0. The number of likely N-dealkylation sites (N-methyl/N-ethyl adjacent to an activating group) is 1. The lowest BCUT2D eigenvalue weighted by Crippen LogP contribution is -2.29. The van der Waals surface area contributed by atoms with Gasteiger partial charge in [0.25, 0.3) is 0 Å². The van der Waals surface area contributed by atoms with Gasteiger partial charge in [-0.15, -0.1) is 0 Å². The standard InChI is InChI=1S/C15H20N2O2/c1-11-14(10-18)13-6-4-5-7-15(13)17(11)9-12(19)8-16(2)3/h4-7,10,12,19H,8-9H2,1-3H3/t12-/m0/s1. The second-order valence-corrected chi connectivity index (χ2v) is 5.16. The van der Waals surface area contributed by atoms with Gasteiger partial charge in [0.15, 0.2) is 6.29 Å². The van der Waals surface area contributed by atoms with E-state index in [1.807, 2.05) is 54.8 Å². The fourth-order valence-electron chi connectivity index (χ4n) is 2.53. The molecule has 0 spiro atoms. The topological polar surface area (TPSA) is 45.5 Å². The summed E-state index contributed by atoms with van der Waals surface area (Å²) in [5, 5.41) is 11.0. The van der Waals surface area contributed by atoms with Crippen LogP contribution in [-0.2, 0) is 6.54 Å². The van der Waals surface area contributed by atoms with Crippen LogP contribution < -0.4 is 0 Å². The zero-order chi connectivity index (χ0) is 14.0. The SMILES string of the molecule is Cc1c(C=O)c2ccccc2n1C[C@@H](O)CN(C)C. The summed E-state index contributed by atoms with van der Waals surface area (Å²) in [7, 11) is 3.86. The average Bonchev–Trinajstić information content (AvgIpc) is 2.61. The van der Waals surface area contributed by atoms with Crippen molar-refractivity contribution in [2.45, 2.75) is 19.6 Å². The maximum Gasteiger partial charge on any atom is 0.152 e. The average molecular weight is 260 g/mol. The molecule has 4 nitrogen and oxygen atoms in total. The number of fused-ring (bicyclic) bond motifs is 1. The van der Waals surface area contributed by atoms with Crippen LogP contribution in [0.4, 0.5) is 0 Å². The lowest BCUT2D eigenvalue weighted by Gasteiger charge is -2.18. The maximum atomic E-state index is 11.2. The van der Waals surface area contributed by atoms with E-state index in [0.717, 1.165) is 22.9 Å². The van der Waals surface area contributed by atoms with Crippen molar-refractivity contribution in [2.75, 3.05) is 20.6 Å². The van der Waals surface area contributed by atoms with E-state index in [9.17, 15) is 9.90 Å². The number of aldehydes is 1. The molecule has 1 aromatic heterocycles. The predicted molar refractivity (Wildman–Crippen MR) is 76.6 cm³/mol. The van der Waals surface area contributed by atoms with Crippen molar-refractivity contribution in [2.24, 2.45) is 0 Å². The molecule has 1 atom stereocenters. The van der Waals surface area contributed by atoms with E-state index in [4.69, 9.17) is 0 Å². The Morgan fingerprint density at radius 1 is 1.37 bits per heavy atom. The van der Waals surface area contributed by atoms with E-state index in [0.29, 0.717) is 18.7 Å². The number of para-hydroxylation sites is 1. The van der Waals surface area contributed by atoms with Crippen LogP contribution in [0.5, 0.6) is 0 Å². The third-order valence-corrected chi connectivity index (χ3v) is 3.37. The molecule has 1 N–H and O–H groups in total. The van der Waals surface area contributed by atoms with Crippen molar-refractivity contribution in [3.63, 3.8) is 0 Å². The second kappa shape index (κ2) is 5.55. The molecule has 0 amide bonds. The molecule has 0 aliphatic rings. The van der Waals surface area contributed by atoms with E-state index in [2.05, 4.69) is 0 Å². The van der Waals surface area contributed by atoms with Gasteiger partial charge >= 0.3 is 0 Å². The lowest BCUT2D eigenvalue weighted by molar-refractivity contribution is 0.111. The van der Waals surface area contributed by atoms with E-state index in [-0.39, 0.29) is 0 Å². The fraction of sp³-hybridized carbons (Fsp3) is 0.400. The van der Waals surface area contributed by atoms with Crippen molar-refractivity contribution in [1.29, 1.82) is 0 Å². The van der Waals surface area contributed by atoms with Gasteiger partial charge in [-0.25, -0.2) is 0 Å². The molecule has 102 valence electrons. The number of nitrogens with zero attached hydrogens (tertiary/aromatic N) is 2. The number of carbonyl (C=O) groups excluding carboxylic acids is 1. The minimum atomic E-state index is -0.455. The summed E-state index contributed by atoms with van der Waals surface area (Å²) in [6.45, 7) is 3.02. The third-order valence-electron chi connectivity index (χ3n) is 3.37. The largest absolute Gasteiger partial charge is 0.390 e. The number of hydrogen-bond donors (Lipinski definition) is 1. The zero-order valence-corrected chi connectivity index (χ0v) is 11.6. The number of benzene rings is 1. The molecule has 0 bridgehead atoms. The lowest BCUT2D eigenvalue weighted by atomic mass is 10.1. The molecule has 2 aromatic rings. The molecule has 1 aromatic carbocycles. The highest BCUT2D eigenvalue weighted by atomic mass is 16.3. The Morgan fingerprint density at radius 2 is 2.05 bits per heavy atom. The molecule has 0 aliphatic heterocycles. The normalized spacial score (nSPS) is 13.1. The van der Waals surface area contributed by atoms with E-state index >= 15 is 0 Å². The molecule has 4 heteroatoms. The van der Waals surface area contributed by atoms with Crippen LogP contribution in [0.2, 0.25) is 0 Å². The smallest absolute Gasteiger partial charge is 0.152 e. The third kappa shape index (κ3) is 2.69. The molecular formula is C15H20N2O2. The Labute approximate surface area is 113 Å². The van der Waals surface area contributed by atoms with Crippen LogP contribution in [0, 0.1) is 6.92 Å². The minimum absolute atomic E-state index is 0.455. The Balaban J connectivity index is 2.42. The summed E-state index contributed by atoms with van der Waals surface area (Å²) >= 11 is 0. The summed E-state index contributed by atoms with van der Waals surface area (Å²) in [6.07, 6.45) is 0.441. The van der Waals surface area contributed by atoms with E-state index in [1.165, 1.54) is 0 Å². The van der Waals surface area contributed by atoms with Crippen molar-refractivity contribution in [3.05, 3.63) is 35.5 Å². The van der Waals surface area contributed by atoms with Crippen LogP contribution in [-0.4, -0.2) is 47.6 Å². The summed E-state index contributed by atoms with van der Waals surface area (Å²) in [6, 6.07) is 7.80. The Morgan fingerprint density at radius 3 is 2.68 bits per heavy atom. The second-order valence-electron chi connectivity index (χ2n) is 5.16. The molecule has 0 aliphatic carbocycles. The van der Waals surface area contributed by atoms with Crippen molar-refractivity contribution in [3.8, 4) is 0 Å². The number of aliphatic hydroxyl groups excluding tert-OH is 1. The number of aliphatic hydroxyl groups is 1. The molecule has 1 heterocycles. The number of aromatic nitrogens is 1. The van der Waals surface area contributed by atoms with Crippen LogP contribution in [0.1, 0.15) is 16.1 Å². The van der Waals surface area contributed by atoms with Crippen LogP contribution in [0.15, 0.2) is 24.3 Å². The Hall–Kier alpha value is -1.65. The van der Waals surface area contributed by atoms with Gasteiger partial charge in [0.05, 0.1) is 12.6 Å². The minimum Gasteiger partial charge on any atom is -0.390 e. The van der Waals surface area contributed by atoms with Crippen LogP contribution in [0.3, 0.4) is 0 Å². The summed E-state index contributed by atoms with van der Waals surface area (Å²) in [5.41, 5.74) is 2.63. The molecule has 19 heavy (non-hydrogen) atoms. The van der Waals surface area contributed by atoms with Gasteiger partial charge in [-0.05, 0) is 27.1 Å². The Bertz CT molecular complexity index is 587. The van der Waals surface area contributed by atoms with Crippen LogP contribution in [0.25, 0.3) is 10.9 Å². The van der Waals surface area contributed by atoms with E-state index < -0.39 is 6.10 Å². The van der Waals surface area contributed by atoms with Gasteiger partial charge in [0.2, 0.25) is 0 Å². The van der Waals surface area contributed by atoms with Crippen molar-refractivity contribution in [1.82, 2.24) is 9.47 Å². The number of hydrogen-bond acceptors (Lipinski definition) is 3. The molecule has 0 unspecified atom stereocenters. The first kappa shape index (κ1) is 13.8. The van der Waals surface area contributed by atoms with Gasteiger partial charge in [-0.2, -0.15) is 0 Å². The quantitative estimate of drug-likeness (QED) is 0.832. The van der Waals surface area contributed by atoms with Crippen molar-refractivity contribution < 1.29 is 9.90 Å². The first-order valence-electron chi connectivity index (χ1n) is 6.40. The highest BCUT2D eigenvalue weighted by Crippen LogP contribution is 2.24. The first-order chi connectivity index (χ1) is 9.04. The van der Waals surface area contributed by atoms with Gasteiger partial charge in [0.1, 0.15) is 0 Å². The van der Waals surface area contributed by atoms with Gasteiger partial charge in [-0.3, -0.25) is 4.79 Å². The maximum absolute atomic E-state index is 11.2. The van der Waals surface area contributed by atoms with Crippen LogP contribution >= 0.6 is 0 Å². The summed E-state index contributed by atoms with van der Waals surface area (Å²) in [4.78, 5) is 13.2. The highest BCUT2D eigenvalue weighted by Gasteiger charge is 2.15. The summed E-state index contributed by atoms with van der Waals surface area (Å²) < 4.78 is 2.02. The zero-order valence-electron chi connectivity index (χ0n) is 11.6. The fourth-order valence-corrected chi connectivity index (χ4v) is 2.53. The molecule has 0 fully saturated rings. The molecular weight excluding hydrogens is 240 g/mol. The molecule has 0 saturated heterocycles. The predicted octanol–water partition coefficient (Wildman–Crippen LogP) is 1.68. The number of rotatable bonds is 5. The van der Waals surface area contributed by atoms with E-state index in [1.54, 1.807) is 0 Å². The number of carbonyl (C=O) groups is 1. The molecule has 0 radical (unpaired) electrons. The Kier molecular flexibility index (Phi) is 4.02. The van der Waals surface area contributed by atoms with Gasteiger partial charge in [0, 0.05) is 28.7 Å². The first-order valence-corrected chi connectivity index (χ1v) is 6.40. The molecule has 0 saturated carbocycles. The monoisotopic (exact) mass is 260 g/mol. The highest BCUT2D eigenvalue weighted by molar-refractivity contribution is 5.99. The van der Waals surface area contributed by atoms with Gasteiger partial charge in [-0.1, -0.05) is 18.2 Å². The van der Waals surface area contributed by atoms with Gasteiger partial charge < -0.3 is 14.6 Å². The molecule has 2 rings (SSSR count).